The summed E-state index contributed by atoms with van der Waals surface area (Å²) >= 11 is 0. The molecule has 2 saturated heterocycles. The Morgan fingerprint density at radius 2 is 2.00 bits per heavy atom. The van der Waals surface area contributed by atoms with Gasteiger partial charge < -0.3 is 10.2 Å². The highest BCUT2D eigenvalue weighted by Gasteiger charge is 2.33. The van der Waals surface area contributed by atoms with E-state index in [9.17, 15) is 4.79 Å². The maximum absolute atomic E-state index is 12.5. The van der Waals surface area contributed by atoms with Crippen LogP contribution >= 0.6 is 12.4 Å². The fourth-order valence-corrected chi connectivity index (χ4v) is 3.66. The Kier molecular flexibility index (Phi) is 5.65. The molecular formula is C17H25ClN2O. The summed E-state index contributed by atoms with van der Waals surface area (Å²) in [5.41, 5.74) is 1.42. The van der Waals surface area contributed by atoms with Gasteiger partial charge in [-0.25, -0.2) is 0 Å². The van der Waals surface area contributed by atoms with E-state index < -0.39 is 0 Å². The van der Waals surface area contributed by atoms with Crippen molar-refractivity contribution in [2.24, 2.45) is 5.92 Å². The average molecular weight is 309 g/mol. The van der Waals surface area contributed by atoms with Gasteiger partial charge in [-0.15, -0.1) is 12.4 Å². The number of halogens is 1. The molecule has 3 nitrogen and oxygen atoms in total. The van der Waals surface area contributed by atoms with Crippen molar-refractivity contribution >= 4 is 18.3 Å². The van der Waals surface area contributed by atoms with Gasteiger partial charge in [-0.1, -0.05) is 37.3 Å². The number of carbonyl (C=O) groups excluding carboxylic acids is 1. The second kappa shape index (κ2) is 7.28. The lowest BCUT2D eigenvalue weighted by atomic mass is 9.81. The second-order valence-electron chi connectivity index (χ2n) is 6.22. The zero-order valence-corrected chi connectivity index (χ0v) is 13.4. The molecule has 4 heteroatoms. The van der Waals surface area contributed by atoms with Gasteiger partial charge in [0.1, 0.15) is 0 Å². The lowest BCUT2D eigenvalue weighted by Crippen LogP contribution is -2.49. The zero-order valence-electron chi connectivity index (χ0n) is 12.6. The van der Waals surface area contributed by atoms with E-state index in [0.29, 0.717) is 17.7 Å². The lowest BCUT2D eigenvalue weighted by Gasteiger charge is -2.38. The summed E-state index contributed by atoms with van der Waals surface area (Å²) in [6, 6.07) is 10.8. The first-order chi connectivity index (χ1) is 9.75. The number of nitrogens with zero attached hydrogens (tertiary/aromatic N) is 1. The van der Waals surface area contributed by atoms with Crippen molar-refractivity contribution < 1.29 is 4.79 Å². The number of hydrogen-bond acceptors (Lipinski definition) is 2. The maximum Gasteiger partial charge on any atom is 0.239 e. The summed E-state index contributed by atoms with van der Waals surface area (Å²) in [6.45, 7) is 5.07. The van der Waals surface area contributed by atoms with Crippen LogP contribution in [0.3, 0.4) is 0 Å². The van der Waals surface area contributed by atoms with Crippen LogP contribution in [-0.2, 0) is 4.79 Å². The summed E-state index contributed by atoms with van der Waals surface area (Å²) in [5, 5.41) is 3.32. The number of piperidine rings is 1. The molecule has 3 rings (SSSR count). The van der Waals surface area contributed by atoms with Gasteiger partial charge in [-0.3, -0.25) is 4.79 Å². The molecule has 1 aromatic rings. The Labute approximate surface area is 133 Å². The smallest absolute Gasteiger partial charge is 0.239 e. The van der Waals surface area contributed by atoms with Crippen LogP contribution in [0.4, 0.5) is 0 Å². The number of hydrogen-bond donors (Lipinski definition) is 1. The van der Waals surface area contributed by atoms with E-state index >= 15 is 0 Å². The van der Waals surface area contributed by atoms with Crippen LogP contribution in [-0.4, -0.2) is 36.5 Å². The summed E-state index contributed by atoms with van der Waals surface area (Å²) in [7, 11) is 0. The van der Waals surface area contributed by atoms with E-state index in [-0.39, 0.29) is 18.4 Å². The molecule has 1 amide bonds. The number of rotatable bonds is 2. The molecule has 0 saturated carbocycles. The van der Waals surface area contributed by atoms with Crippen LogP contribution in [0.25, 0.3) is 0 Å². The fraction of sp³-hybridized carbons (Fsp3) is 0.588. The van der Waals surface area contributed by atoms with Gasteiger partial charge in [0.2, 0.25) is 5.91 Å². The largest absolute Gasteiger partial charge is 0.341 e. The zero-order chi connectivity index (χ0) is 13.9. The van der Waals surface area contributed by atoms with Crippen LogP contribution in [0, 0.1) is 5.92 Å². The highest BCUT2D eigenvalue weighted by atomic mass is 35.5. The van der Waals surface area contributed by atoms with Crippen LogP contribution in [0.2, 0.25) is 0 Å². The number of amides is 1. The summed E-state index contributed by atoms with van der Waals surface area (Å²) in [6.07, 6.45) is 3.22. The topological polar surface area (TPSA) is 32.3 Å². The summed E-state index contributed by atoms with van der Waals surface area (Å²) in [4.78, 5) is 14.5. The molecule has 3 atom stereocenters. The monoisotopic (exact) mass is 308 g/mol. The fourth-order valence-electron chi connectivity index (χ4n) is 3.66. The van der Waals surface area contributed by atoms with Gasteiger partial charge in [0.25, 0.3) is 0 Å². The quantitative estimate of drug-likeness (QED) is 0.911. The van der Waals surface area contributed by atoms with Gasteiger partial charge in [0.05, 0.1) is 6.04 Å². The Morgan fingerprint density at radius 3 is 2.62 bits per heavy atom. The highest BCUT2D eigenvalue weighted by Crippen LogP contribution is 2.33. The van der Waals surface area contributed by atoms with E-state index in [2.05, 4.69) is 47.5 Å². The molecule has 21 heavy (non-hydrogen) atoms. The molecule has 2 aliphatic heterocycles. The van der Waals surface area contributed by atoms with Crippen molar-refractivity contribution in [1.82, 2.24) is 10.2 Å². The Hall–Kier alpha value is -1.06. The molecule has 0 bridgehead atoms. The van der Waals surface area contributed by atoms with Crippen molar-refractivity contribution in [3.8, 4) is 0 Å². The van der Waals surface area contributed by atoms with Crippen molar-refractivity contribution in [3.05, 3.63) is 35.9 Å². The number of likely N-dealkylation sites (tertiary alicyclic amines) is 1. The molecular weight excluding hydrogens is 284 g/mol. The molecule has 1 N–H and O–H groups in total. The second-order valence-corrected chi connectivity index (χ2v) is 6.22. The van der Waals surface area contributed by atoms with Crippen LogP contribution in [0.1, 0.15) is 37.7 Å². The van der Waals surface area contributed by atoms with Gasteiger partial charge in [0.15, 0.2) is 0 Å². The normalized spacial score (nSPS) is 29.0. The number of benzene rings is 1. The minimum absolute atomic E-state index is 0. The van der Waals surface area contributed by atoms with E-state index in [1.807, 2.05) is 0 Å². The molecule has 0 aliphatic carbocycles. The van der Waals surface area contributed by atoms with Crippen LogP contribution in [0.5, 0.6) is 0 Å². The highest BCUT2D eigenvalue weighted by molar-refractivity contribution is 5.85. The van der Waals surface area contributed by atoms with Crippen LogP contribution in [0.15, 0.2) is 30.3 Å². The average Bonchev–Trinajstić information content (AvgIpc) is 3.01. The van der Waals surface area contributed by atoms with Gasteiger partial charge >= 0.3 is 0 Å². The van der Waals surface area contributed by atoms with Gasteiger partial charge in [-0.2, -0.15) is 0 Å². The maximum atomic E-state index is 12.5. The molecule has 116 valence electrons. The van der Waals surface area contributed by atoms with Crippen LogP contribution < -0.4 is 5.32 Å². The Balaban J connectivity index is 0.00000161. The van der Waals surface area contributed by atoms with Gasteiger partial charge in [0, 0.05) is 13.1 Å². The molecule has 2 aliphatic rings. The van der Waals surface area contributed by atoms with E-state index in [4.69, 9.17) is 0 Å². The van der Waals surface area contributed by atoms with Crippen molar-refractivity contribution in [1.29, 1.82) is 0 Å². The first-order valence-electron chi connectivity index (χ1n) is 7.83. The Morgan fingerprint density at radius 1 is 1.24 bits per heavy atom. The minimum Gasteiger partial charge on any atom is -0.341 e. The molecule has 0 radical (unpaired) electrons. The first-order valence-corrected chi connectivity index (χ1v) is 7.83. The predicted molar refractivity (Wildman–Crippen MR) is 87.8 cm³/mol. The van der Waals surface area contributed by atoms with Crippen molar-refractivity contribution in [3.63, 3.8) is 0 Å². The lowest BCUT2D eigenvalue weighted by molar-refractivity contribution is -0.135. The minimum atomic E-state index is 0. The number of carbonyl (C=O) groups is 1. The number of nitrogens with one attached hydrogen (secondary N) is 1. The van der Waals surface area contributed by atoms with Crippen molar-refractivity contribution in [2.75, 3.05) is 19.6 Å². The molecule has 2 heterocycles. The van der Waals surface area contributed by atoms with E-state index in [1.54, 1.807) is 0 Å². The first kappa shape index (κ1) is 16.3. The summed E-state index contributed by atoms with van der Waals surface area (Å²) < 4.78 is 0. The predicted octanol–water partition coefficient (Wildman–Crippen LogP) is 2.81. The molecule has 0 spiro atoms. The third-order valence-electron chi connectivity index (χ3n) is 4.80. The molecule has 3 unspecified atom stereocenters. The third-order valence-corrected chi connectivity index (χ3v) is 4.80. The molecule has 1 aromatic carbocycles. The standard InChI is InChI=1S/C17H24N2O.ClH/c1-13-12-19(17(20)16-8-5-10-18-16)11-9-15(13)14-6-3-2-4-7-14;/h2-4,6-7,13,15-16,18H,5,8-12H2,1H3;1H. The molecule has 0 aromatic heterocycles. The van der Waals surface area contributed by atoms with E-state index in [1.165, 1.54) is 5.56 Å². The molecule has 2 fully saturated rings. The third kappa shape index (κ3) is 3.58. The SMILES string of the molecule is CC1CN(C(=O)C2CCCN2)CCC1c1ccccc1.Cl. The van der Waals surface area contributed by atoms with E-state index in [0.717, 1.165) is 38.9 Å². The Bertz CT molecular complexity index is 459. The van der Waals surface area contributed by atoms with Crippen molar-refractivity contribution in [2.45, 2.75) is 38.1 Å². The van der Waals surface area contributed by atoms with Gasteiger partial charge in [-0.05, 0) is 43.2 Å². The summed E-state index contributed by atoms with van der Waals surface area (Å²) in [5.74, 6) is 1.45.